The topological polar surface area (TPSA) is 53.6 Å². The molecule has 0 saturated carbocycles. The van der Waals surface area contributed by atoms with Crippen LogP contribution in [0.25, 0.3) is 0 Å². The van der Waals surface area contributed by atoms with E-state index in [0.717, 1.165) is 29.5 Å². The van der Waals surface area contributed by atoms with Crippen molar-refractivity contribution in [2.75, 3.05) is 0 Å². The molecular weight excluding hydrogens is 196 g/mol. The summed E-state index contributed by atoms with van der Waals surface area (Å²) in [4.78, 5) is 11.4. The maximum Gasteiger partial charge on any atom is 0.106 e. The molecule has 0 aromatic carbocycles. The van der Waals surface area contributed by atoms with Crippen LogP contribution < -0.4 is 5.32 Å². The fourth-order valence-corrected chi connectivity index (χ4v) is 1.78. The van der Waals surface area contributed by atoms with Crippen LogP contribution in [0.1, 0.15) is 16.4 Å². The first-order chi connectivity index (χ1) is 6.86. The highest BCUT2D eigenvalue weighted by molar-refractivity contribution is 7.09. The summed E-state index contributed by atoms with van der Waals surface area (Å²) in [6, 6.07) is 0. The van der Waals surface area contributed by atoms with E-state index in [4.69, 9.17) is 0 Å². The normalized spacial score (nSPS) is 10.6. The number of aryl methyl sites for hydroxylation is 1. The van der Waals surface area contributed by atoms with Gasteiger partial charge in [-0.15, -0.1) is 11.3 Å². The summed E-state index contributed by atoms with van der Waals surface area (Å²) >= 11 is 1.66. The molecule has 74 valence electrons. The standard InChI is InChI=1S/C9H12N4S/c1-7-8(13-6-12-7)4-10-5-9-11-2-3-14-9/h2-3,6,10H,4-5H2,1H3,(H,12,13). The Kier molecular flexibility index (Phi) is 2.90. The average Bonchev–Trinajstić information content (AvgIpc) is 2.78. The van der Waals surface area contributed by atoms with Crippen LogP contribution in [0, 0.1) is 6.92 Å². The lowest BCUT2D eigenvalue weighted by Crippen LogP contribution is -2.13. The molecule has 0 aliphatic rings. The molecule has 0 amide bonds. The second-order valence-electron chi connectivity index (χ2n) is 3.00. The van der Waals surface area contributed by atoms with Gasteiger partial charge in [-0.2, -0.15) is 0 Å². The van der Waals surface area contributed by atoms with E-state index in [0.29, 0.717) is 0 Å². The van der Waals surface area contributed by atoms with Crippen molar-refractivity contribution in [1.29, 1.82) is 0 Å². The lowest BCUT2D eigenvalue weighted by Gasteiger charge is -2.00. The Morgan fingerprint density at radius 1 is 1.43 bits per heavy atom. The summed E-state index contributed by atoms with van der Waals surface area (Å²) in [5, 5.41) is 6.39. The molecule has 0 fully saturated rings. The van der Waals surface area contributed by atoms with Gasteiger partial charge in [0.2, 0.25) is 0 Å². The first kappa shape index (κ1) is 9.36. The van der Waals surface area contributed by atoms with Gasteiger partial charge in [0, 0.05) is 30.4 Å². The van der Waals surface area contributed by atoms with Crippen LogP contribution in [0.5, 0.6) is 0 Å². The summed E-state index contributed by atoms with van der Waals surface area (Å²) in [6.45, 7) is 3.62. The number of aromatic amines is 1. The van der Waals surface area contributed by atoms with Gasteiger partial charge in [0.25, 0.3) is 0 Å². The molecule has 5 heteroatoms. The summed E-state index contributed by atoms with van der Waals surface area (Å²) in [5.74, 6) is 0. The molecule has 2 aromatic heterocycles. The highest BCUT2D eigenvalue weighted by atomic mass is 32.1. The van der Waals surface area contributed by atoms with Gasteiger partial charge >= 0.3 is 0 Å². The molecular formula is C9H12N4S. The molecule has 0 unspecified atom stereocenters. The number of hydrogen-bond donors (Lipinski definition) is 2. The van der Waals surface area contributed by atoms with Crippen molar-refractivity contribution in [3.63, 3.8) is 0 Å². The van der Waals surface area contributed by atoms with Gasteiger partial charge in [0.15, 0.2) is 0 Å². The SMILES string of the molecule is Cc1[nH]cnc1CNCc1nccs1. The van der Waals surface area contributed by atoms with Crippen molar-refractivity contribution >= 4 is 11.3 Å². The van der Waals surface area contributed by atoms with Crippen molar-refractivity contribution in [2.45, 2.75) is 20.0 Å². The Hall–Kier alpha value is -1.20. The molecule has 2 N–H and O–H groups in total. The Morgan fingerprint density at radius 2 is 2.36 bits per heavy atom. The lowest BCUT2D eigenvalue weighted by atomic mass is 10.3. The molecule has 2 heterocycles. The fourth-order valence-electron chi connectivity index (χ4n) is 1.19. The zero-order chi connectivity index (χ0) is 9.80. The Labute approximate surface area is 86.4 Å². The van der Waals surface area contributed by atoms with Crippen LogP contribution in [0.4, 0.5) is 0 Å². The third-order valence-corrected chi connectivity index (χ3v) is 2.77. The number of H-pyrrole nitrogens is 1. The van der Waals surface area contributed by atoms with E-state index < -0.39 is 0 Å². The number of nitrogens with one attached hydrogen (secondary N) is 2. The Balaban J connectivity index is 1.81. The van der Waals surface area contributed by atoms with Crippen molar-refractivity contribution < 1.29 is 0 Å². The lowest BCUT2D eigenvalue weighted by molar-refractivity contribution is 0.676. The molecule has 0 atom stereocenters. The van der Waals surface area contributed by atoms with Crippen LogP contribution in [0.3, 0.4) is 0 Å². The summed E-state index contributed by atoms with van der Waals surface area (Å²) in [5.41, 5.74) is 2.19. The maximum absolute atomic E-state index is 4.20. The minimum absolute atomic E-state index is 0.787. The van der Waals surface area contributed by atoms with Crippen molar-refractivity contribution in [3.05, 3.63) is 34.3 Å². The number of thiazole rings is 1. The maximum atomic E-state index is 4.20. The molecule has 2 aromatic rings. The summed E-state index contributed by atoms with van der Waals surface area (Å²) < 4.78 is 0. The Morgan fingerprint density at radius 3 is 3.00 bits per heavy atom. The molecule has 0 bridgehead atoms. The summed E-state index contributed by atoms with van der Waals surface area (Å²) in [7, 11) is 0. The van der Waals surface area contributed by atoms with Gasteiger partial charge in [0.1, 0.15) is 5.01 Å². The van der Waals surface area contributed by atoms with Gasteiger partial charge in [0.05, 0.1) is 12.0 Å². The molecule has 2 rings (SSSR count). The van der Waals surface area contributed by atoms with E-state index in [1.54, 1.807) is 17.7 Å². The number of nitrogens with zero attached hydrogens (tertiary/aromatic N) is 2. The highest BCUT2D eigenvalue weighted by Crippen LogP contribution is 2.04. The zero-order valence-corrected chi connectivity index (χ0v) is 8.77. The van der Waals surface area contributed by atoms with Gasteiger partial charge in [-0.3, -0.25) is 0 Å². The zero-order valence-electron chi connectivity index (χ0n) is 7.95. The van der Waals surface area contributed by atoms with Gasteiger partial charge in [-0.1, -0.05) is 0 Å². The predicted molar refractivity (Wildman–Crippen MR) is 56.0 cm³/mol. The van der Waals surface area contributed by atoms with Crippen LogP contribution >= 0.6 is 11.3 Å². The van der Waals surface area contributed by atoms with Crippen molar-refractivity contribution in [2.24, 2.45) is 0 Å². The van der Waals surface area contributed by atoms with Crippen molar-refractivity contribution in [1.82, 2.24) is 20.3 Å². The first-order valence-corrected chi connectivity index (χ1v) is 5.32. The molecule has 0 aliphatic heterocycles. The average molecular weight is 208 g/mol. The molecule has 0 aliphatic carbocycles. The van der Waals surface area contributed by atoms with E-state index in [9.17, 15) is 0 Å². The number of imidazole rings is 1. The number of rotatable bonds is 4. The third-order valence-electron chi connectivity index (χ3n) is 1.99. The van der Waals surface area contributed by atoms with Crippen LogP contribution in [-0.2, 0) is 13.1 Å². The molecule has 0 spiro atoms. The predicted octanol–water partition coefficient (Wildman–Crippen LogP) is 1.46. The quantitative estimate of drug-likeness (QED) is 0.800. The van der Waals surface area contributed by atoms with E-state index in [-0.39, 0.29) is 0 Å². The first-order valence-electron chi connectivity index (χ1n) is 4.44. The van der Waals surface area contributed by atoms with Gasteiger partial charge in [-0.05, 0) is 6.92 Å². The second kappa shape index (κ2) is 4.34. The summed E-state index contributed by atoms with van der Waals surface area (Å²) in [6.07, 6.45) is 3.54. The molecule has 4 nitrogen and oxygen atoms in total. The largest absolute Gasteiger partial charge is 0.348 e. The van der Waals surface area contributed by atoms with E-state index in [2.05, 4.69) is 20.3 Å². The van der Waals surface area contributed by atoms with Crippen LogP contribution in [-0.4, -0.2) is 15.0 Å². The van der Waals surface area contributed by atoms with E-state index >= 15 is 0 Å². The number of aromatic nitrogens is 3. The monoisotopic (exact) mass is 208 g/mol. The smallest absolute Gasteiger partial charge is 0.106 e. The molecule has 0 saturated heterocycles. The fraction of sp³-hybridized carbons (Fsp3) is 0.333. The number of hydrogen-bond acceptors (Lipinski definition) is 4. The van der Waals surface area contributed by atoms with Crippen LogP contribution in [0.2, 0.25) is 0 Å². The minimum Gasteiger partial charge on any atom is -0.348 e. The highest BCUT2D eigenvalue weighted by Gasteiger charge is 2.00. The molecule has 14 heavy (non-hydrogen) atoms. The minimum atomic E-state index is 0.787. The van der Waals surface area contributed by atoms with Crippen molar-refractivity contribution in [3.8, 4) is 0 Å². The van der Waals surface area contributed by atoms with E-state index in [1.807, 2.05) is 18.5 Å². The van der Waals surface area contributed by atoms with Crippen LogP contribution in [0.15, 0.2) is 17.9 Å². The van der Waals surface area contributed by atoms with Gasteiger partial charge < -0.3 is 10.3 Å². The molecule has 0 radical (unpaired) electrons. The van der Waals surface area contributed by atoms with Gasteiger partial charge in [-0.25, -0.2) is 9.97 Å². The second-order valence-corrected chi connectivity index (χ2v) is 3.98. The Bertz CT molecular complexity index is 379. The third kappa shape index (κ3) is 2.18. The van der Waals surface area contributed by atoms with E-state index in [1.165, 1.54) is 0 Å².